The highest BCUT2D eigenvalue weighted by Crippen LogP contribution is 2.11. The van der Waals surface area contributed by atoms with Crippen LogP contribution in [-0.4, -0.2) is 29.5 Å². The number of ether oxygens (including phenoxy) is 2. The van der Waals surface area contributed by atoms with Gasteiger partial charge in [-0.15, -0.1) is 0 Å². The van der Waals surface area contributed by atoms with Crippen LogP contribution in [0.4, 0.5) is 4.79 Å². The van der Waals surface area contributed by atoms with E-state index in [9.17, 15) is 14.4 Å². The third-order valence-electron chi connectivity index (χ3n) is 3.91. The molecule has 0 spiro atoms. The lowest BCUT2D eigenvalue weighted by atomic mass is 10.1. The molecule has 158 valence electrons. The lowest BCUT2D eigenvalue weighted by molar-refractivity contribution is -0.141. The van der Waals surface area contributed by atoms with Crippen molar-refractivity contribution in [3.05, 3.63) is 83.6 Å². The van der Waals surface area contributed by atoms with Crippen LogP contribution in [0.2, 0.25) is 0 Å². The second kappa shape index (κ2) is 10.4. The van der Waals surface area contributed by atoms with Gasteiger partial charge in [0.05, 0.1) is 0 Å². The van der Waals surface area contributed by atoms with E-state index in [1.165, 1.54) is 13.0 Å². The van der Waals surface area contributed by atoms with Crippen molar-refractivity contribution in [2.24, 2.45) is 0 Å². The zero-order chi connectivity index (χ0) is 22.1. The van der Waals surface area contributed by atoms with Gasteiger partial charge in [0, 0.05) is 18.1 Å². The number of rotatable bonds is 7. The van der Waals surface area contributed by atoms with Crippen LogP contribution in [0.1, 0.15) is 43.6 Å². The second-order valence-corrected chi connectivity index (χ2v) is 7.79. The van der Waals surface area contributed by atoms with Gasteiger partial charge in [0.2, 0.25) is 0 Å². The normalized spacial score (nSPS) is 12.6. The van der Waals surface area contributed by atoms with E-state index in [0.29, 0.717) is 5.56 Å². The average Bonchev–Trinajstić information content (AvgIpc) is 2.67. The molecule has 2 aromatic carbocycles. The number of hydrogen-bond acceptors (Lipinski definition) is 5. The molecule has 0 heterocycles. The molecule has 2 rings (SSSR count). The van der Waals surface area contributed by atoms with Crippen LogP contribution in [-0.2, 0) is 20.7 Å². The highest BCUT2D eigenvalue weighted by atomic mass is 16.6. The summed E-state index contributed by atoms with van der Waals surface area (Å²) in [7, 11) is 0. The van der Waals surface area contributed by atoms with Gasteiger partial charge in [-0.3, -0.25) is 4.79 Å². The second-order valence-electron chi connectivity index (χ2n) is 7.79. The van der Waals surface area contributed by atoms with Gasteiger partial charge in [0.25, 0.3) is 0 Å². The van der Waals surface area contributed by atoms with Gasteiger partial charge >= 0.3 is 12.1 Å². The van der Waals surface area contributed by atoms with Crippen LogP contribution < -0.4 is 5.32 Å². The number of allylic oxidation sites excluding steroid dienone is 2. The molecule has 1 atom stereocenters. The monoisotopic (exact) mass is 409 g/mol. The molecule has 30 heavy (non-hydrogen) atoms. The molecule has 2 aromatic rings. The summed E-state index contributed by atoms with van der Waals surface area (Å²) in [5, 5.41) is 2.56. The SMILES string of the molecule is C/C(=C\C(=O)c1ccccc1)OC(=O)[C@H](Cc1ccccc1)NC(=O)OC(C)(C)C. The molecule has 1 amide bonds. The summed E-state index contributed by atoms with van der Waals surface area (Å²) in [5.74, 6) is -0.821. The van der Waals surface area contributed by atoms with Gasteiger partial charge in [0.15, 0.2) is 5.78 Å². The Kier molecular flexibility index (Phi) is 7.92. The molecule has 0 fully saturated rings. The highest BCUT2D eigenvalue weighted by molar-refractivity contribution is 6.04. The molecular formula is C24H27NO5. The Bertz CT molecular complexity index is 898. The zero-order valence-electron chi connectivity index (χ0n) is 17.7. The minimum Gasteiger partial charge on any atom is -0.444 e. The number of esters is 1. The third-order valence-corrected chi connectivity index (χ3v) is 3.91. The minimum atomic E-state index is -0.975. The Labute approximate surface area is 176 Å². The average molecular weight is 409 g/mol. The Hall–Kier alpha value is -3.41. The lowest BCUT2D eigenvalue weighted by Gasteiger charge is -2.23. The first-order valence-corrected chi connectivity index (χ1v) is 9.67. The fourth-order valence-corrected chi connectivity index (χ4v) is 2.62. The standard InChI is InChI=1S/C24H27NO5/c1-17(15-21(26)19-13-9-6-10-14-19)29-22(27)20(16-18-11-7-5-8-12-18)25-23(28)30-24(2,3)4/h5-15,20H,16H2,1-4H3,(H,25,28)/b17-15+/t20-/m0/s1. The number of hydrogen-bond donors (Lipinski definition) is 1. The number of nitrogens with one attached hydrogen (secondary N) is 1. The van der Waals surface area contributed by atoms with E-state index in [0.717, 1.165) is 5.56 Å². The van der Waals surface area contributed by atoms with Crippen molar-refractivity contribution < 1.29 is 23.9 Å². The first-order chi connectivity index (χ1) is 14.1. The summed E-state index contributed by atoms with van der Waals surface area (Å²) in [6, 6.07) is 16.9. The van der Waals surface area contributed by atoms with Crippen molar-refractivity contribution in [1.29, 1.82) is 0 Å². The molecule has 0 saturated carbocycles. The Morgan fingerprint density at radius 1 is 0.967 bits per heavy atom. The molecule has 0 aliphatic carbocycles. The number of amides is 1. The van der Waals surface area contributed by atoms with Crippen LogP contribution >= 0.6 is 0 Å². The molecule has 6 heteroatoms. The first kappa shape index (κ1) is 22.9. The predicted octanol–water partition coefficient (Wildman–Crippen LogP) is 4.45. The van der Waals surface area contributed by atoms with E-state index in [-0.39, 0.29) is 18.0 Å². The smallest absolute Gasteiger partial charge is 0.408 e. The fraction of sp³-hybridized carbons (Fsp3) is 0.292. The summed E-state index contributed by atoms with van der Waals surface area (Å²) < 4.78 is 10.6. The van der Waals surface area contributed by atoms with Crippen molar-refractivity contribution in [2.75, 3.05) is 0 Å². The van der Waals surface area contributed by atoms with Crippen LogP contribution in [0.5, 0.6) is 0 Å². The summed E-state index contributed by atoms with van der Waals surface area (Å²) in [5.41, 5.74) is 0.626. The fourth-order valence-electron chi connectivity index (χ4n) is 2.62. The van der Waals surface area contributed by atoms with Gasteiger partial charge < -0.3 is 14.8 Å². The van der Waals surface area contributed by atoms with Crippen molar-refractivity contribution in [3.8, 4) is 0 Å². The largest absolute Gasteiger partial charge is 0.444 e. The van der Waals surface area contributed by atoms with E-state index in [1.807, 2.05) is 36.4 Å². The van der Waals surface area contributed by atoms with Crippen LogP contribution in [0.3, 0.4) is 0 Å². The van der Waals surface area contributed by atoms with Crippen molar-refractivity contribution in [2.45, 2.75) is 45.8 Å². The van der Waals surface area contributed by atoms with Crippen molar-refractivity contribution in [1.82, 2.24) is 5.32 Å². The summed E-state index contributed by atoms with van der Waals surface area (Å²) >= 11 is 0. The summed E-state index contributed by atoms with van der Waals surface area (Å²) in [6.45, 7) is 6.73. The lowest BCUT2D eigenvalue weighted by Crippen LogP contribution is -2.45. The molecule has 0 aromatic heterocycles. The molecule has 0 radical (unpaired) electrons. The molecule has 6 nitrogen and oxygen atoms in total. The maximum atomic E-state index is 12.7. The number of ketones is 1. The number of alkyl carbamates (subject to hydrolysis) is 1. The van der Waals surface area contributed by atoms with Gasteiger partial charge in [-0.2, -0.15) is 0 Å². The predicted molar refractivity (Wildman–Crippen MR) is 114 cm³/mol. The van der Waals surface area contributed by atoms with Crippen molar-refractivity contribution in [3.63, 3.8) is 0 Å². The molecule has 0 saturated heterocycles. The third kappa shape index (κ3) is 7.91. The van der Waals surface area contributed by atoms with Crippen LogP contribution in [0.15, 0.2) is 72.5 Å². The van der Waals surface area contributed by atoms with Gasteiger partial charge in [-0.05, 0) is 33.3 Å². The molecule has 1 N–H and O–H groups in total. The Morgan fingerprint density at radius 3 is 2.10 bits per heavy atom. The maximum Gasteiger partial charge on any atom is 0.408 e. The maximum absolute atomic E-state index is 12.7. The van der Waals surface area contributed by atoms with E-state index < -0.39 is 23.7 Å². The molecule has 0 aliphatic heterocycles. The Balaban J connectivity index is 2.11. The topological polar surface area (TPSA) is 81.7 Å². The number of benzene rings is 2. The molecule has 0 bridgehead atoms. The summed E-state index contributed by atoms with van der Waals surface area (Å²) in [6.07, 6.45) is 0.751. The van der Waals surface area contributed by atoms with E-state index >= 15 is 0 Å². The first-order valence-electron chi connectivity index (χ1n) is 9.67. The highest BCUT2D eigenvalue weighted by Gasteiger charge is 2.26. The molecular weight excluding hydrogens is 382 g/mol. The number of carbonyl (C=O) groups is 3. The number of carbonyl (C=O) groups excluding carboxylic acids is 3. The van der Waals surface area contributed by atoms with Gasteiger partial charge in [-0.1, -0.05) is 60.7 Å². The molecule has 0 unspecified atom stereocenters. The molecule has 0 aliphatic rings. The van der Waals surface area contributed by atoms with E-state index in [4.69, 9.17) is 9.47 Å². The van der Waals surface area contributed by atoms with Crippen LogP contribution in [0.25, 0.3) is 0 Å². The van der Waals surface area contributed by atoms with Crippen LogP contribution in [0, 0.1) is 0 Å². The quantitative estimate of drug-likeness (QED) is 0.316. The van der Waals surface area contributed by atoms with E-state index in [2.05, 4.69) is 5.32 Å². The van der Waals surface area contributed by atoms with Gasteiger partial charge in [-0.25, -0.2) is 9.59 Å². The summed E-state index contributed by atoms with van der Waals surface area (Å²) in [4.78, 5) is 37.2. The van der Waals surface area contributed by atoms with E-state index in [1.54, 1.807) is 45.0 Å². The minimum absolute atomic E-state index is 0.137. The zero-order valence-corrected chi connectivity index (χ0v) is 17.7. The van der Waals surface area contributed by atoms with Gasteiger partial charge in [0.1, 0.15) is 17.4 Å². The Morgan fingerprint density at radius 2 is 1.53 bits per heavy atom. The van der Waals surface area contributed by atoms with Crippen molar-refractivity contribution >= 4 is 17.8 Å².